The Morgan fingerprint density at radius 3 is 2.83 bits per heavy atom. The van der Waals surface area contributed by atoms with Crippen LogP contribution < -0.4 is 5.69 Å². The molecule has 3 aromatic heterocycles. The van der Waals surface area contributed by atoms with E-state index in [0.29, 0.717) is 5.56 Å². The molecular weight excluding hydrogens is 507 g/mol. The number of piperidine rings is 1. The summed E-state index contributed by atoms with van der Waals surface area (Å²) in [5.74, 6) is -0.430. The summed E-state index contributed by atoms with van der Waals surface area (Å²) < 4.78 is 17.3. The molecule has 0 spiro atoms. The van der Waals surface area contributed by atoms with Gasteiger partial charge < -0.3 is 19.4 Å². The van der Waals surface area contributed by atoms with Crippen molar-refractivity contribution in [3.63, 3.8) is 0 Å². The predicted octanol–water partition coefficient (Wildman–Crippen LogP) is 5.19. The number of aromatic nitrogens is 4. The third-order valence-corrected chi connectivity index (χ3v) is 8.12. The molecule has 6 rings (SSSR count). The molecule has 4 heterocycles. The van der Waals surface area contributed by atoms with Crippen LogP contribution in [0.5, 0.6) is 0 Å². The molecule has 0 aliphatic carbocycles. The Labute approximate surface area is 231 Å². The van der Waals surface area contributed by atoms with Gasteiger partial charge >= 0.3 is 5.69 Å². The van der Waals surface area contributed by atoms with E-state index in [1.807, 2.05) is 42.8 Å². The third-order valence-electron chi connectivity index (χ3n) is 8.12. The average molecular weight is 541 g/mol. The fourth-order valence-electron chi connectivity index (χ4n) is 5.86. The Morgan fingerprint density at radius 1 is 1.18 bits per heavy atom. The zero-order chi connectivity index (χ0) is 28.0. The second-order valence-electron chi connectivity index (χ2n) is 11.0. The molecule has 0 bridgehead atoms. The maximum Gasteiger partial charge on any atom is 0.323 e. The van der Waals surface area contributed by atoms with Gasteiger partial charge in [-0.25, -0.2) is 9.18 Å². The van der Waals surface area contributed by atoms with Crippen molar-refractivity contribution >= 4 is 27.8 Å². The Bertz CT molecular complexity index is 1770. The topological polar surface area (TPSA) is 90.0 Å². The van der Waals surface area contributed by atoms with Gasteiger partial charge in [-0.1, -0.05) is 12.1 Å². The van der Waals surface area contributed by atoms with Crippen molar-refractivity contribution in [1.82, 2.24) is 29.3 Å². The largest absolute Gasteiger partial charge is 0.339 e. The van der Waals surface area contributed by atoms with Crippen LogP contribution in [0.25, 0.3) is 27.6 Å². The molecule has 1 aliphatic heterocycles. The monoisotopic (exact) mass is 540 g/mol. The molecule has 9 heteroatoms. The lowest BCUT2D eigenvalue weighted by Crippen LogP contribution is -2.34. The second-order valence-corrected chi connectivity index (χ2v) is 11.0. The van der Waals surface area contributed by atoms with Crippen molar-refractivity contribution in [3.8, 4) is 5.69 Å². The van der Waals surface area contributed by atoms with E-state index >= 15 is 4.39 Å². The van der Waals surface area contributed by atoms with E-state index in [4.69, 9.17) is 0 Å². The van der Waals surface area contributed by atoms with E-state index in [9.17, 15) is 9.59 Å². The van der Waals surface area contributed by atoms with Crippen molar-refractivity contribution in [2.75, 3.05) is 20.1 Å². The van der Waals surface area contributed by atoms with Crippen LogP contribution >= 0.6 is 0 Å². The molecule has 206 valence electrons. The minimum absolute atomic E-state index is 0.0197. The lowest BCUT2D eigenvalue weighted by molar-refractivity contribution is 0.0754. The molecule has 8 nitrogen and oxygen atoms in total. The normalized spacial score (nSPS) is 16.3. The van der Waals surface area contributed by atoms with E-state index in [1.54, 1.807) is 36.5 Å². The molecule has 1 saturated heterocycles. The van der Waals surface area contributed by atoms with Crippen LogP contribution in [0.1, 0.15) is 54.1 Å². The van der Waals surface area contributed by atoms with Crippen LogP contribution in [-0.4, -0.2) is 61.4 Å². The highest BCUT2D eigenvalue weighted by molar-refractivity contribution is 5.99. The molecule has 1 atom stereocenters. The summed E-state index contributed by atoms with van der Waals surface area (Å²) in [5.41, 5.74) is 5.04. The third kappa shape index (κ3) is 4.70. The molecule has 0 saturated carbocycles. The molecule has 1 aliphatic rings. The number of hydrogen-bond acceptors (Lipinski definition) is 4. The molecular formula is C31H33FN6O2. The number of carbonyl (C=O) groups is 1. The molecule has 2 aromatic carbocycles. The number of hydrogen-bond donors (Lipinski definition) is 2. The zero-order valence-corrected chi connectivity index (χ0v) is 22.9. The van der Waals surface area contributed by atoms with Crippen LogP contribution in [0.4, 0.5) is 4.39 Å². The number of H-pyrrole nitrogens is 2. The number of aromatic amines is 2. The summed E-state index contributed by atoms with van der Waals surface area (Å²) in [6.45, 7) is 6.48. The smallest absolute Gasteiger partial charge is 0.323 e. The Hall–Kier alpha value is -4.24. The van der Waals surface area contributed by atoms with Crippen molar-refractivity contribution in [3.05, 3.63) is 94.0 Å². The van der Waals surface area contributed by atoms with Gasteiger partial charge in [-0.15, -0.1) is 0 Å². The Balaban J connectivity index is 1.35. The molecule has 5 aromatic rings. The zero-order valence-electron chi connectivity index (χ0n) is 22.9. The van der Waals surface area contributed by atoms with Gasteiger partial charge in [-0.2, -0.15) is 0 Å². The first-order valence-corrected chi connectivity index (χ1v) is 13.7. The lowest BCUT2D eigenvalue weighted by Gasteiger charge is -2.32. The maximum atomic E-state index is 15.5. The highest BCUT2D eigenvalue weighted by atomic mass is 19.1. The van der Waals surface area contributed by atoms with Gasteiger partial charge in [-0.3, -0.25) is 14.7 Å². The first kappa shape index (κ1) is 26.0. The predicted molar refractivity (Wildman–Crippen MR) is 154 cm³/mol. The molecule has 1 amide bonds. The van der Waals surface area contributed by atoms with Crippen molar-refractivity contribution < 1.29 is 9.18 Å². The second kappa shape index (κ2) is 10.4. The van der Waals surface area contributed by atoms with E-state index in [2.05, 4.69) is 25.9 Å². The Kier molecular flexibility index (Phi) is 6.75. The number of amides is 1. The van der Waals surface area contributed by atoms with Crippen LogP contribution in [-0.2, 0) is 6.54 Å². The summed E-state index contributed by atoms with van der Waals surface area (Å²) >= 11 is 0. The molecule has 2 N–H and O–H groups in total. The molecule has 1 fully saturated rings. The van der Waals surface area contributed by atoms with Crippen LogP contribution in [0.15, 0.2) is 65.8 Å². The fourth-order valence-corrected chi connectivity index (χ4v) is 5.86. The van der Waals surface area contributed by atoms with Gasteiger partial charge in [-0.05, 0) is 80.6 Å². The van der Waals surface area contributed by atoms with Crippen LogP contribution in [0.3, 0.4) is 0 Å². The minimum Gasteiger partial charge on any atom is -0.339 e. The maximum absolute atomic E-state index is 15.5. The van der Waals surface area contributed by atoms with Gasteiger partial charge in [0.05, 0.1) is 34.0 Å². The number of halogens is 1. The molecule has 0 radical (unpaired) electrons. The summed E-state index contributed by atoms with van der Waals surface area (Å²) in [6, 6.07) is 12.7. The SMILES string of the molecule is CC(C)N(C)C(=O)c1cccc(F)c1-n1cc(C2CCCN(Cc3ccc4[nH]c(=O)[nH]c4c3)C2)c2ccncc21. The van der Waals surface area contributed by atoms with Crippen molar-refractivity contribution in [2.45, 2.75) is 45.2 Å². The van der Waals surface area contributed by atoms with E-state index in [0.717, 1.165) is 65.5 Å². The molecule has 40 heavy (non-hydrogen) atoms. The van der Waals surface area contributed by atoms with Crippen molar-refractivity contribution in [2.24, 2.45) is 0 Å². The highest BCUT2D eigenvalue weighted by Gasteiger charge is 2.27. The number of benzene rings is 2. The highest BCUT2D eigenvalue weighted by Crippen LogP contribution is 2.36. The number of nitrogens with one attached hydrogen (secondary N) is 2. The van der Waals surface area contributed by atoms with E-state index in [-0.39, 0.29) is 29.2 Å². The first-order valence-electron chi connectivity index (χ1n) is 13.7. The molecule has 1 unspecified atom stereocenters. The quantitative estimate of drug-likeness (QED) is 0.310. The minimum atomic E-state index is -0.446. The number of nitrogens with zero attached hydrogens (tertiary/aromatic N) is 4. The lowest BCUT2D eigenvalue weighted by atomic mass is 9.90. The van der Waals surface area contributed by atoms with Gasteiger partial charge in [0.25, 0.3) is 5.91 Å². The van der Waals surface area contributed by atoms with E-state index in [1.165, 1.54) is 6.07 Å². The Morgan fingerprint density at radius 2 is 2.00 bits per heavy atom. The van der Waals surface area contributed by atoms with Gasteiger partial charge in [0, 0.05) is 44.0 Å². The first-order chi connectivity index (χ1) is 19.3. The summed E-state index contributed by atoms with van der Waals surface area (Å²) in [7, 11) is 1.74. The van der Waals surface area contributed by atoms with Crippen LogP contribution in [0, 0.1) is 5.82 Å². The summed E-state index contributed by atoms with van der Waals surface area (Å²) in [4.78, 5) is 39.1. The number of imidazole rings is 1. The van der Waals surface area contributed by atoms with Gasteiger partial charge in [0.1, 0.15) is 5.82 Å². The number of likely N-dealkylation sites (tertiary alicyclic amines) is 1. The van der Waals surface area contributed by atoms with Gasteiger partial charge in [0.15, 0.2) is 0 Å². The number of rotatable bonds is 6. The van der Waals surface area contributed by atoms with Gasteiger partial charge in [0.2, 0.25) is 0 Å². The van der Waals surface area contributed by atoms with Crippen molar-refractivity contribution in [1.29, 1.82) is 0 Å². The standard InChI is InChI=1S/C31H33FN6O2/c1-19(2)36(3)30(39)23-7-4-8-25(32)29(23)38-18-24(22-11-12-33-15-28(22)38)21-6-5-13-37(17-21)16-20-9-10-26-27(14-20)35-31(40)34-26/h4,7-12,14-15,18-19,21H,5-6,13,16-17H2,1-3H3,(H2,34,35,40). The summed E-state index contributed by atoms with van der Waals surface area (Å²) in [6.07, 6.45) is 7.57. The summed E-state index contributed by atoms with van der Waals surface area (Å²) in [5, 5.41) is 1.02. The fraction of sp³-hybridized carbons (Fsp3) is 0.323. The van der Waals surface area contributed by atoms with Crippen LogP contribution in [0.2, 0.25) is 0 Å². The number of fused-ring (bicyclic) bond motifs is 2. The average Bonchev–Trinajstić information content (AvgIpc) is 3.51. The van der Waals surface area contributed by atoms with E-state index < -0.39 is 5.82 Å². The number of carbonyl (C=O) groups excluding carboxylic acids is 1. The number of para-hydroxylation sites is 1. The number of pyridine rings is 1.